The van der Waals surface area contributed by atoms with Gasteiger partial charge in [-0.2, -0.15) is 0 Å². The van der Waals surface area contributed by atoms with Crippen molar-refractivity contribution < 1.29 is 18.0 Å². The van der Waals surface area contributed by atoms with E-state index in [1.165, 1.54) is 11.0 Å². The third-order valence-corrected chi connectivity index (χ3v) is 6.96. The van der Waals surface area contributed by atoms with Gasteiger partial charge in [0.05, 0.1) is 11.9 Å². The Morgan fingerprint density at radius 2 is 1.68 bits per heavy atom. The van der Waals surface area contributed by atoms with E-state index in [1.54, 1.807) is 12.1 Å². The molecule has 1 atom stereocenters. The monoisotopic (exact) mass is 507 g/mol. The average Bonchev–Trinajstić information content (AvgIpc) is 2.74. The molecule has 7 nitrogen and oxygen atoms in total. The van der Waals surface area contributed by atoms with Crippen LogP contribution in [0.5, 0.6) is 0 Å². The van der Waals surface area contributed by atoms with Crippen LogP contribution >= 0.6 is 11.6 Å². The van der Waals surface area contributed by atoms with Crippen molar-refractivity contribution in [2.24, 2.45) is 0 Å². The highest BCUT2D eigenvalue weighted by atomic mass is 35.5. The van der Waals surface area contributed by atoms with Gasteiger partial charge in [-0.25, -0.2) is 8.42 Å². The maximum atomic E-state index is 13.6. The van der Waals surface area contributed by atoms with Gasteiger partial charge < -0.3 is 10.2 Å². The molecule has 0 bridgehead atoms. The molecule has 2 aromatic rings. The Labute approximate surface area is 208 Å². The molecule has 0 aliphatic carbocycles. The molecule has 0 radical (unpaired) electrons. The molecule has 0 aromatic heterocycles. The Morgan fingerprint density at radius 3 is 2.18 bits per heavy atom. The van der Waals surface area contributed by atoms with Crippen LogP contribution in [-0.4, -0.2) is 50.0 Å². The summed E-state index contributed by atoms with van der Waals surface area (Å²) in [6, 6.07) is 11.7. The third-order valence-electron chi connectivity index (χ3n) is 5.41. The second-order valence-electron chi connectivity index (χ2n) is 8.80. The van der Waals surface area contributed by atoms with Crippen molar-refractivity contribution in [3.05, 3.63) is 64.2 Å². The van der Waals surface area contributed by atoms with Gasteiger partial charge in [0, 0.05) is 17.6 Å². The van der Waals surface area contributed by atoms with Gasteiger partial charge in [0.15, 0.2) is 0 Å². The SMILES string of the molecule is CC[C@H](C(=O)NC(C)C)N(Cc1ccc(C)cc1)C(=O)CN(c1ccc(C)c(Cl)c1)S(C)(=O)=O. The number of carbonyl (C=O) groups is 2. The van der Waals surface area contributed by atoms with Gasteiger partial charge in [-0.05, 0) is 57.4 Å². The lowest BCUT2D eigenvalue weighted by Gasteiger charge is -2.33. The molecular weight excluding hydrogens is 474 g/mol. The number of aryl methyl sites for hydroxylation is 2. The Bertz CT molecular complexity index is 1120. The van der Waals surface area contributed by atoms with E-state index in [4.69, 9.17) is 11.6 Å². The molecule has 0 aliphatic rings. The highest BCUT2D eigenvalue weighted by Gasteiger charge is 2.32. The third kappa shape index (κ3) is 7.46. The maximum Gasteiger partial charge on any atom is 0.244 e. The molecule has 186 valence electrons. The number of sulfonamides is 1. The summed E-state index contributed by atoms with van der Waals surface area (Å²) in [5.41, 5.74) is 3.01. The maximum absolute atomic E-state index is 13.6. The van der Waals surface area contributed by atoms with E-state index >= 15 is 0 Å². The summed E-state index contributed by atoms with van der Waals surface area (Å²) in [5, 5.41) is 3.27. The molecule has 0 saturated carbocycles. The summed E-state index contributed by atoms with van der Waals surface area (Å²) in [5.74, 6) is -0.754. The molecule has 2 amide bonds. The number of nitrogens with one attached hydrogen (secondary N) is 1. The molecule has 1 N–H and O–H groups in total. The first-order valence-electron chi connectivity index (χ1n) is 11.2. The molecule has 0 saturated heterocycles. The average molecular weight is 508 g/mol. The number of hydrogen-bond donors (Lipinski definition) is 1. The standard InChI is InChI=1S/C25H34ClN3O4S/c1-7-23(25(31)27-17(2)3)28(15-20-11-8-18(4)9-12-20)24(30)16-29(34(6,32)33)21-13-10-19(5)22(26)14-21/h8-14,17,23H,7,15-16H2,1-6H3,(H,27,31)/t23-/m1/s1. The van der Waals surface area contributed by atoms with Crippen LogP contribution in [-0.2, 0) is 26.2 Å². The first kappa shape index (κ1) is 27.7. The van der Waals surface area contributed by atoms with E-state index < -0.39 is 28.5 Å². The van der Waals surface area contributed by atoms with Crippen LogP contribution in [0.2, 0.25) is 5.02 Å². The Balaban J connectivity index is 2.45. The highest BCUT2D eigenvalue weighted by molar-refractivity contribution is 7.92. The summed E-state index contributed by atoms with van der Waals surface area (Å²) in [7, 11) is -3.80. The van der Waals surface area contributed by atoms with Gasteiger partial charge in [-0.3, -0.25) is 13.9 Å². The molecule has 2 rings (SSSR count). The van der Waals surface area contributed by atoms with Crippen molar-refractivity contribution in [3.63, 3.8) is 0 Å². The van der Waals surface area contributed by atoms with Crippen LogP contribution < -0.4 is 9.62 Å². The lowest BCUT2D eigenvalue weighted by Crippen LogP contribution is -2.53. The lowest BCUT2D eigenvalue weighted by molar-refractivity contribution is -0.140. The number of carbonyl (C=O) groups excluding carboxylic acids is 2. The van der Waals surface area contributed by atoms with Crippen molar-refractivity contribution >= 4 is 39.1 Å². The highest BCUT2D eigenvalue weighted by Crippen LogP contribution is 2.25. The zero-order valence-corrected chi connectivity index (χ0v) is 22.2. The molecule has 0 aliphatic heterocycles. The van der Waals surface area contributed by atoms with Crippen LogP contribution in [0.1, 0.15) is 43.9 Å². The zero-order chi connectivity index (χ0) is 25.6. The zero-order valence-electron chi connectivity index (χ0n) is 20.6. The van der Waals surface area contributed by atoms with Crippen LogP contribution in [0.15, 0.2) is 42.5 Å². The van der Waals surface area contributed by atoms with Gasteiger partial charge in [0.25, 0.3) is 0 Å². The number of halogens is 1. The summed E-state index contributed by atoms with van der Waals surface area (Å²) in [6.07, 6.45) is 1.42. The fourth-order valence-electron chi connectivity index (χ4n) is 3.54. The van der Waals surface area contributed by atoms with Crippen LogP contribution in [0.4, 0.5) is 5.69 Å². The van der Waals surface area contributed by atoms with Gasteiger partial charge in [0.1, 0.15) is 12.6 Å². The first-order valence-corrected chi connectivity index (χ1v) is 13.4. The predicted molar refractivity (Wildman–Crippen MR) is 137 cm³/mol. The van der Waals surface area contributed by atoms with Crippen molar-refractivity contribution in [2.75, 3.05) is 17.1 Å². The molecule has 9 heteroatoms. The summed E-state index contributed by atoms with van der Waals surface area (Å²) >= 11 is 6.22. The van der Waals surface area contributed by atoms with E-state index in [0.717, 1.165) is 27.3 Å². The number of benzene rings is 2. The fourth-order valence-corrected chi connectivity index (χ4v) is 4.56. The predicted octanol–water partition coefficient (Wildman–Crippen LogP) is 4.05. The normalized spacial score (nSPS) is 12.4. The quantitative estimate of drug-likeness (QED) is 0.525. The Hall–Kier alpha value is -2.58. The Kier molecular flexibility index (Phi) is 9.53. The molecule has 2 aromatic carbocycles. The first-order chi connectivity index (χ1) is 15.8. The molecular formula is C25H34ClN3O4S. The van der Waals surface area contributed by atoms with Gasteiger partial charge in [-0.15, -0.1) is 0 Å². The van der Waals surface area contributed by atoms with E-state index in [1.807, 2.05) is 58.9 Å². The van der Waals surface area contributed by atoms with Crippen LogP contribution in [0.3, 0.4) is 0 Å². The van der Waals surface area contributed by atoms with Gasteiger partial charge in [-0.1, -0.05) is 54.4 Å². The number of anilines is 1. The summed E-state index contributed by atoms with van der Waals surface area (Å²) < 4.78 is 26.3. The van der Waals surface area contributed by atoms with Gasteiger partial charge in [0.2, 0.25) is 21.8 Å². The van der Waals surface area contributed by atoms with Gasteiger partial charge >= 0.3 is 0 Å². The smallest absolute Gasteiger partial charge is 0.244 e. The largest absolute Gasteiger partial charge is 0.352 e. The lowest BCUT2D eigenvalue weighted by atomic mass is 10.1. The molecule has 0 spiro atoms. The minimum absolute atomic E-state index is 0.0971. The summed E-state index contributed by atoms with van der Waals surface area (Å²) in [4.78, 5) is 28.0. The molecule has 0 heterocycles. The van der Waals surface area contributed by atoms with E-state index in [9.17, 15) is 18.0 Å². The van der Waals surface area contributed by atoms with Crippen molar-refractivity contribution in [1.82, 2.24) is 10.2 Å². The second-order valence-corrected chi connectivity index (χ2v) is 11.1. The second kappa shape index (κ2) is 11.7. The van der Waals surface area contributed by atoms with E-state index in [2.05, 4.69) is 5.32 Å². The number of amides is 2. The fraction of sp³-hybridized carbons (Fsp3) is 0.440. The molecule has 34 heavy (non-hydrogen) atoms. The van der Waals surface area contributed by atoms with Crippen LogP contribution in [0, 0.1) is 13.8 Å². The number of hydrogen-bond acceptors (Lipinski definition) is 4. The summed E-state index contributed by atoms with van der Waals surface area (Å²) in [6.45, 7) is 9.03. The van der Waals surface area contributed by atoms with Crippen molar-refractivity contribution in [3.8, 4) is 0 Å². The van der Waals surface area contributed by atoms with Crippen molar-refractivity contribution in [1.29, 1.82) is 0 Å². The minimum atomic E-state index is -3.80. The van der Waals surface area contributed by atoms with E-state index in [0.29, 0.717) is 17.1 Å². The number of rotatable bonds is 10. The van der Waals surface area contributed by atoms with Crippen molar-refractivity contribution in [2.45, 2.75) is 59.7 Å². The molecule has 0 unspecified atom stereocenters. The molecule has 0 fully saturated rings. The topological polar surface area (TPSA) is 86.8 Å². The number of nitrogens with zero attached hydrogens (tertiary/aromatic N) is 2. The van der Waals surface area contributed by atoms with E-state index in [-0.39, 0.29) is 18.5 Å². The Morgan fingerprint density at radius 1 is 1.06 bits per heavy atom. The minimum Gasteiger partial charge on any atom is -0.352 e. The van der Waals surface area contributed by atoms with Crippen LogP contribution in [0.25, 0.3) is 0 Å².